The van der Waals surface area contributed by atoms with Gasteiger partial charge in [0.1, 0.15) is 6.73 Å². The average Bonchev–Trinajstić information content (AvgIpc) is 1.66. The molecule has 1 N–H and O–H groups in total. The van der Waals surface area contributed by atoms with Gasteiger partial charge in [0, 0.05) is 7.11 Å². The Hall–Kier alpha value is -0.120. The van der Waals surface area contributed by atoms with Crippen molar-refractivity contribution in [2.24, 2.45) is 0 Å². The van der Waals surface area contributed by atoms with Gasteiger partial charge in [-0.05, 0) is 13.8 Å². The average molecular weight is 119 g/mol. The van der Waals surface area contributed by atoms with E-state index in [9.17, 15) is 0 Å². The summed E-state index contributed by atoms with van der Waals surface area (Å²) in [6.07, 6.45) is 0.213. The van der Waals surface area contributed by atoms with Crippen LogP contribution in [0.5, 0.6) is 0 Å². The molecule has 0 aliphatic heterocycles. The van der Waals surface area contributed by atoms with Crippen LogP contribution in [0.1, 0.15) is 13.8 Å². The Labute approximate surface area is 49.9 Å². The van der Waals surface area contributed by atoms with E-state index >= 15 is 0 Å². The number of hydroxylamine groups is 1. The highest BCUT2D eigenvalue weighted by molar-refractivity contribution is 4.28. The highest BCUT2D eigenvalue weighted by Crippen LogP contribution is 1.80. The summed E-state index contributed by atoms with van der Waals surface area (Å²) in [7, 11) is 1.61. The minimum Gasteiger partial charge on any atom is -0.367 e. The molecule has 0 unspecified atom stereocenters. The Morgan fingerprint density at radius 3 is 2.50 bits per heavy atom. The summed E-state index contributed by atoms with van der Waals surface area (Å²) in [6, 6.07) is 0. The molecule has 50 valence electrons. The third-order valence-corrected chi connectivity index (χ3v) is 0.522. The van der Waals surface area contributed by atoms with E-state index in [-0.39, 0.29) is 6.10 Å². The summed E-state index contributed by atoms with van der Waals surface area (Å²) in [6.45, 7) is 4.34. The number of methoxy groups -OCH3 is 1. The molecule has 0 saturated heterocycles. The Bertz CT molecular complexity index is 47.7. The topological polar surface area (TPSA) is 30.5 Å². The molecule has 0 fully saturated rings. The zero-order valence-corrected chi connectivity index (χ0v) is 5.60. The van der Waals surface area contributed by atoms with Gasteiger partial charge in [-0.2, -0.15) is 5.48 Å². The van der Waals surface area contributed by atoms with Crippen LogP contribution in [0.2, 0.25) is 0 Å². The lowest BCUT2D eigenvalue weighted by atomic mass is 10.5. The quantitative estimate of drug-likeness (QED) is 0.332. The fraction of sp³-hybridized carbons (Fsp3) is 1.00. The molecule has 0 heterocycles. The van der Waals surface area contributed by atoms with Crippen LogP contribution in [-0.4, -0.2) is 19.9 Å². The molecule has 0 amide bonds. The molecule has 0 saturated carbocycles. The summed E-state index contributed by atoms with van der Waals surface area (Å²) in [5.74, 6) is 0. The van der Waals surface area contributed by atoms with E-state index in [0.29, 0.717) is 6.73 Å². The highest BCUT2D eigenvalue weighted by Gasteiger charge is 1.88. The minimum absolute atomic E-state index is 0.213. The van der Waals surface area contributed by atoms with Crippen molar-refractivity contribution in [3.63, 3.8) is 0 Å². The lowest BCUT2D eigenvalue weighted by Gasteiger charge is -2.05. The van der Waals surface area contributed by atoms with Gasteiger partial charge >= 0.3 is 0 Å². The molecular weight excluding hydrogens is 106 g/mol. The molecule has 0 aliphatic carbocycles. The maximum Gasteiger partial charge on any atom is 0.119 e. The first-order chi connectivity index (χ1) is 3.77. The molecule has 3 heteroatoms. The number of nitrogens with one attached hydrogen (secondary N) is 1. The van der Waals surface area contributed by atoms with Gasteiger partial charge in [0.05, 0.1) is 6.10 Å². The molecule has 3 nitrogen and oxygen atoms in total. The Morgan fingerprint density at radius 1 is 1.50 bits per heavy atom. The van der Waals surface area contributed by atoms with Crippen LogP contribution in [0, 0.1) is 0 Å². The van der Waals surface area contributed by atoms with Gasteiger partial charge in [0.25, 0.3) is 0 Å². The number of ether oxygens (including phenoxy) is 1. The van der Waals surface area contributed by atoms with E-state index in [0.717, 1.165) is 0 Å². The van der Waals surface area contributed by atoms with Crippen LogP contribution in [0.25, 0.3) is 0 Å². The van der Waals surface area contributed by atoms with Gasteiger partial charge in [-0.3, -0.25) is 4.84 Å². The molecule has 0 aliphatic rings. The van der Waals surface area contributed by atoms with Crippen LogP contribution in [-0.2, 0) is 9.57 Å². The zero-order chi connectivity index (χ0) is 6.41. The van der Waals surface area contributed by atoms with Gasteiger partial charge in [0.2, 0.25) is 0 Å². The van der Waals surface area contributed by atoms with Crippen molar-refractivity contribution in [3.8, 4) is 0 Å². The van der Waals surface area contributed by atoms with Crippen molar-refractivity contribution in [1.29, 1.82) is 0 Å². The zero-order valence-electron chi connectivity index (χ0n) is 5.60. The second-order valence-corrected chi connectivity index (χ2v) is 1.74. The third kappa shape index (κ3) is 5.88. The number of hydrogen-bond acceptors (Lipinski definition) is 3. The SMILES string of the molecule is COCNOC(C)C. The van der Waals surface area contributed by atoms with Gasteiger partial charge in [-0.15, -0.1) is 0 Å². The molecule has 0 radical (unpaired) electrons. The maximum absolute atomic E-state index is 4.91. The largest absolute Gasteiger partial charge is 0.367 e. The van der Waals surface area contributed by atoms with Gasteiger partial charge in [-0.1, -0.05) is 0 Å². The Kier molecular flexibility index (Phi) is 4.95. The highest BCUT2D eigenvalue weighted by atomic mass is 16.7. The smallest absolute Gasteiger partial charge is 0.119 e. The summed E-state index contributed by atoms with van der Waals surface area (Å²) in [4.78, 5) is 4.91. The molecule has 0 rings (SSSR count). The second-order valence-electron chi connectivity index (χ2n) is 1.74. The number of rotatable bonds is 4. The van der Waals surface area contributed by atoms with E-state index in [1.165, 1.54) is 0 Å². The predicted octanol–water partition coefficient (Wildman–Crippen LogP) is 0.520. The molecule has 8 heavy (non-hydrogen) atoms. The first-order valence-corrected chi connectivity index (χ1v) is 2.65. The molecule has 0 aromatic rings. The van der Waals surface area contributed by atoms with Crippen molar-refractivity contribution < 1.29 is 9.57 Å². The van der Waals surface area contributed by atoms with Crippen LogP contribution < -0.4 is 5.48 Å². The van der Waals surface area contributed by atoms with E-state index in [1.807, 2.05) is 13.8 Å². The van der Waals surface area contributed by atoms with Gasteiger partial charge in [-0.25, -0.2) is 0 Å². The summed E-state index contributed by atoms with van der Waals surface area (Å²) in [5, 5.41) is 0. The first kappa shape index (κ1) is 7.88. The summed E-state index contributed by atoms with van der Waals surface area (Å²) in [5.41, 5.74) is 2.61. The van der Waals surface area contributed by atoms with Crippen molar-refractivity contribution in [2.45, 2.75) is 20.0 Å². The number of hydrogen-bond donors (Lipinski definition) is 1. The fourth-order valence-electron chi connectivity index (χ4n) is 0.260. The predicted molar refractivity (Wildman–Crippen MR) is 31.2 cm³/mol. The van der Waals surface area contributed by atoms with Crippen LogP contribution in [0.15, 0.2) is 0 Å². The van der Waals surface area contributed by atoms with Crippen molar-refractivity contribution >= 4 is 0 Å². The minimum atomic E-state index is 0.213. The Balaban J connectivity index is 2.72. The summed E-state index contributed by atoms with van der Waals surface area (Å²) >= 11 is 0. The normalized spacial score (nSPS) is 10.5. The third-order valence-electron chi connectivity index (χ3n) is 0.522. The maximum atomic E-state index is 4.91. The second kappa shape index (κ2) is 5.03. The van der Waals surface area contributed by atoms with Crippen molar-refractivity contribution in [1.82, 2.24) is 5.48 Å². The molecule has 0 spiro atoms. The first-order valence-electron chi connectivity index (χ1n) is 2.65. The molecule has 0 aromatic carbocycles. The van der Waals surface area contributed by atoms with Crippen molar-refractivity contribution in [3.05, 3.63) is 0 Å². The monoisotopic (exact) mass is 119 g/mol. The lowest BCUT2D eigenvalue weighted by Crippen LogP contribution is -2.21. The van der Waals surface area contributed by atoms with Crippen LogP contribution in [0.3, 0.4) is 0 Å². The van der Waals surface area contributed by atoms with E-state index in [2.05, 4.69) is 10.2 Å². The van der Waals surface area contributed by atoms with Gasteiger partial charge in [0.15, 0.2) is 0 Å². The van der Waals surface area contributed by atoms with Crippen LogP contribution >= 0.6 is 0 Å². The van der Waals surface area contributed by atoms with E-state index < -0.39 is 0 Å². The Morgan fingerprint density at radius 2 is 2.12 bits per heavy atom. The molecule has 0 bridgehead atoms. The summed E-state index contributed by atoms with van der Waals surface area (Å²) < 4.78 is 4.66. The molecular formula is C5H13NO2. The fourth-order valence-corrected chi connectivity index (χ4v) is 0.260. The van der Waals surface area contributed by atoms with Gasteiger partial charge < -0.3 is 4.74 Å². The van der Waals surface area contributed by atoms with Crippen molar-refractivity contribution in [2.75, 3.05) is 13.8 Å². The lowest BCUT2D eigenvalue weighted by molar-refractivity contribution is -0.0514. The van der Waals surface area contributed by atoms with Crippen LogP contribution in [0.4, 0.5) is 0 Å². The standard InChI is InChI=1S/C5H13NO2/c1-5(2)8-6-4-7-3/h5-6H,4H2,1-3H3. The van der Waals surface area contributed by atoms with E-state index in [1.54, 1.807) is 7.11 Å². The molecule has 0 aromatic heterocycles. The van der Waals surface area contributed by atoms with E-state index in [4.69, 9.17) is 4.84 Å². The molecule has 0 atom stereocenters.